The number of aryl methyl sites for hydroxylation is 1. The number of Topliss-reactive ketones (excluding diaryl/α,β-unsaturated/α-hetero) is 1. The zero-order chi connectivity index (χ0) is 12.4. The number of hydrogen-bond donors (Lipinski definition) is 0. The van der Waals surface area contributed by atoms with Gasteiger partial charge in [0.2, 0.25) is 0 Å². The van der Waals surface area contributed by atoms with Crippen LogP contribution in [0.5, 0.6) is 0 Å². The van der Waals surface area contributed by atoms with Gasteiger partial charge in [0.15, 0.2) is 5.78 Å². The minimum absolute atomic E-state index is 0.270. The van der Waals surface area contributed by atoms with E-state index < -0.39 is 0 Å². The van der Waals surface area contributed by atoms with Crippen LogP contribution in [0.4, 0.5) is 0 Å². The van der Waals surface area contributed by atoms with Gasteiger partial charge in [0.25, 0.3) is 0 Å². The van der Waals surface area contributed by atoms with Crippen LogP contribution in [0.1, 0.15) is 54.1 Å². The monoisotopic (exact) mass is 230 g/mol. The molecule has 2 rings (SSSR count). The molecule has 0 aromatic heterocycles. The Bertz CT molecular complexity index is 412. The van der Waals surface area contributed by atoms with Crippen LogP contribution in [0, 0.1) is 25.7 Å². The van der Waals surface area contributed by atoms with E-state index in [1.54, 1.807) is 0 Å². The fourth-order valence-electron chi connectivity index (χ4n) is 2.76. The highest BCUT2D eigenvalue weighted by atomic mass is 16.1. The van der Waals surface area contributed by atoms with Crippen LogP contribution in [0.25, 0.3) is 0 Å². The van der Waals surface area contributed by atoms with Crippen molar-refractivity contribution in [3.05, 3.63) is 34.9 Å². The molecule has 1 aromatic rings. The van der Waals surface area contributed by atoms with Gasteiger partial charge in [0, 0.05) is 11.5 Å². The zero-order valence-electron chi connectivity index (χ0n) is 11.1. The Balaban J connectivity index is 2.17. The third kappa shape index (κ3) is 2.59. The van der Waals surface area contributed by atoms with Crippen LogP contribution in [-0.2, 0) is 0 Å². The molecule has 0 radical (unpaired) electrons. The first kappa shape index (κ1) is 12.3. The quantitative estimate of drug-likeness (QED) is 0.692. The fourth-order valence-corrected chi connectivity index (χ4v) is 2.76. The van der Waals surface area contributed by atoms with Crippen molar-refractivity contribution >= 4 is 5.78 Å². The Morgan fingerprint density at radius 2 is 1.76 bits per heavy atom. The van der Waals surface area contributed by atoms with Crippen molar-refractivity contribution in [2.45, 2.75) is 46.5 Å². The summed E-state index contributed by atoms with van der Waals surface area (Å²) in [5, 5.41) is 0. The highest BCUT2D eigenvalue weighted by Crippen LogP contribution is 2.31. The van der Waals surface area contributed by atoms with E-state index in [1.165, 1.54) is 18.4 Å². The Morgan fingerprint density at radius 1 is 1.12 bits per heavy atom. The molecule has 0 unspecified atom stereocenters. The molecule has 1 heteroatoms. The predicted octanol–water partition coefficient (Wildman–Crippen LogP) is 4.31. The molecule has 1 fully saturated rings. The van der Waals surface area contributed by atoms with Gasteiger partial charge in [-0.25, -0.2) is 0 Å². The van der Waals surface area contributed by atoms with Crippen LogP contribution in [-0.4, -0.2) is 5.78 Å². The van der Waals surface area contributed by atoms with E-state index in [0.717, 1.165) is 29.9 Å². The van der Waals surface area contributed by atoms with Crippen LogP contribution < -0.4 is 0 Å². The van der Waals surface area contributed by atoms with E-state index in [0.29, 0.717) is 5.78 Å². The van der Waals surface area contributed by atoms with Crippen molar-refractivity contribution in [1.29, 1.82) is 0 Å². The lowest BCUT2D eigenvalue weighted by atomic mass is 9.78. The summed E-state index contributed by atoms with van der Waals surface area (Å²) in [5.41, 5.74) is 3.33. The van der Waals surface area contributed by atoms with Crippen molar-refractivity contribution < 1.29 is 4.79 Å². The lowest BCUT2D eigenvalue weighted by Gasteiger charge is -2.25. The molecule has 0 saturated heterocycles. The summed E-state index contributed by atoms with van der Waals surface area (Å²) in [4.78, 5) is 12.5. The summed E-state index contributed by atoms with van der Waals surface area (Å²) in [6, 6.07) is 6.07. The second-order valence-electron chi connectivity index (χ2n) is 5.57. The van der Waals surface area contributed by atoms with E-state index in [4.69, 9.17) is 0 Å². The minimum atomic E-state index is 0.270. The normalized spacial score (nSPS) is 24.6. The average Bonchev–Trinajstić information content (AvgIpc) is 2.33. The van der Waals surface area contributed by atoms with Crippen molar-refractivity contribution in [2.24, 2.45) is 11.8 Å². The molecule has 1 aliphatic rings. The average molecular weight is 230 g/mol. The van der Waals surface area contributed by atoms with Gasteiger partial charge >= 0.3 is 0 Å². The van der Waals surface area contributed by atoms with E-state index >= 15 is 0 Å². The van der Waals surface area contributed by atoms with Gasteiger partial charge < -0.3 is 0 Å². The highest BCUT2D eigenvalue weighted by molar-refractivity contribution is 5.99. The number of carbonyl (C=O) groups is 1. The molecule has 0 heterocycles. The Kier molecular flexibility index (Phi) is 3.66. The molecular weight excluding hydrogens is 208 g/mol. The molecule has 1 aromatic carbocycles. The molecule has 0 bridgehead atoms. The molecule has 0 aliphatic heterocycles. The van der Waals surface area contributed by atoms with E-state index in [-0.39, 0.29) is 5.92 Å². The van der Waals surface area contributed by atoms with Crippen LogP contribution in [0.2, 0.25) is 0 Å². The maximum absolute atomic E-state index is 12.5. The van der Waals surface area contributed by atoms with Gasteiger partial charge in [-0.3, -0.25) is 4.79 Å². The van der Waals surface area contributed by atoms with Crippen molar-refractivity contribution in [3.63, 3.8) is 0 Å². The lowest BCUT2D eigenvalue weighted by molar-refractivity contribution is 0.0875. The smallest absolute Gasteiger partial charge is 0.166 e. The minimum Gasteiger partial charge on any atom is -0.294 e. The number of benzene rings is 1. The first-order valence-corrected chi connectivity index (χ1v) is 6.70. The first-order chi connectivity index (χ1) is 8.09. The second kappa shape index (κ2) is 5.03. The molecule has 1 nitrogen and oxygen atoms in total. The van der Waals surface area contributed by atoms with Gasteiger partial charge in [-0.15, -0.1) is 0 Å². The van der Waals surface area contributed by atoms with Crippen molar-refractivity contribution in [1.82, 2.24) is 0 Å². The summed E-state index contributed by atoms with van der Waals surface area (Å²) < 4.78 is 0. The van der Waals surface area contributed by atoms with Crippen LogP contribution in [0.15, 0.2) is 18.2 Å². The maximum atomic E-state index is 12.5. The van der Waals surface area contributed by atoms with E-state index in [2.05, 4.69) is 26.8 Å². The highest BCUT2D eigenvalue weighted by Gasteiger charge is 2.26. The number of hydrogen-bond acceptors (Lipinski definition) is 1. The third-order valence-electron chi connectivity index (χ3n) is 4.26. The molecule has 92 valence electrons. The number of carbonyl (C=O) groups excluding carboxylic acids is 1. The third-order valence-corrected chi connectivity index (χ3v) is 4.26. The molecule has 1 aliphatic carbocycles. The van der Waals surface area contributed by atoms with Gasteiger partial charge in [-0.2, -0.15) is 0 Å². The van der Waals surface area contributed by atoms with Gasteiger partial charge in [0.05, 0.1) is 0 Å². The second-order valence-corrected chi connectivity index (χ2v) is 5.57. The van der Waals surface area contributed by atoms with Gasteiger partial charge in [-0.1, -0.05) is 38.0 Å². The van der Waals surface area contributed by atoms with Crippen LogP contribution >= 0.6 is 0 Å². The topological polar surface area (TPSA) is 17.1 Å². The lowest BCUT2D eigenvalue weighted by Crippen LogP contribution is -2.21. The molecule has 0 spiro atoms. The predicted molar refractivity (Wildman–Crippen MR) is 71.4 cm³/mol. The summed E-state index contributed by atoms with van der Waals surface area (Å²) in [6.45, 7) is 6.43. The first-order valence-electron chi connectivity index (χ1n) is 6.70. The van der Waals surface area contributed by atoms with Gasteiger partial charge in [-0.05, 0) is 43.7 Å². The zero-order valence-corrected chi connectivity index (χ0v) is 11.1. The maximum Gasteiger partial charge on any atom is 0.166 e. The fraction of sp³-hybridized carbons (Fsp3) is 0.562. The van der Waals surface area contributed by atoms with Crippen LogP contribution in [0.3, 0.4) is 0 Å². The molecule has 17 heavy (non-hydrogen) atoms. The Hall–Kier alpha value is -1.11. The standard InChI is InChI=1S/C16H22O/c1-11-7-9-14(10-8-11)16(17)15-6-4-5-12(2)13(15)3/h4-6,11,14H,7-10H2,1-3H3. The molecular formula is C16H22O. The molecule has 0 atom stereocenters. The number of ketones is 1. The van der Waals surface area contributed by atoms with Gasteiger partial charge in [0.1, 0.15) is 0 Å². The van der Waals surface area contributed by atoms with Crippen molar-refractivity contribution in [3.8, 4) is 0 Å². The SMILES string of the molecule is Cc1cccc(C(=O)C2CCC(C)CC2)c1C. The summed E-state index contributed by atoms with van der Waals surface area (Å²) >= 11 is 0. The summed E-state index contributed by atoms with van der Waals surface area (Å²) in [5.74, 6) is 1.45. The molecule has 1 saturated carbocycles. The summed E-state index contributed by atoms with van der Waals surface area (Å²) in [7, 11) is 0. The Labute approximate surface area is 104 Å². The van der Waals surface area contributed by atoms with Crippen molar-refractivity contribution in [2.75, 3.05) is 0 Å². The number of rotatable bonds is 2. The largest absolute Gasteiger partial charge is 0.294 e. The Morgan fingerprint density at radius 3 is 2.41 bits per heavy atom. The van der Waals surface area contributed by atoms with E-state index in [1.807, 2.05) is 12.1 Å². The molecule has 0 amide bonds. The summed E-state index contributed by atoms with van der Waals surface area (Å²) in [6.07, 6.45) is 4.57. The van der Waals surface area contributed by atoms with E-state index in [9.17, 15) is 4.79 Å². The molecule has 0 N–H and O–H groups in total.